The van der Waals surface area contributed by atoms with E-state index in [-0.39, 0.29) is 17.9 Å². The van der Waals surface area contributed by atoms with Gasteiger partial charge in [0.2, 0.25) is 5.91 Å². The Morgan fingerprint density at radius 2 is 1.97 bits per heavy atom. The van der Waals surface area contributed by atoms with Gasteiger partial charge in [0.15, 0.2) is 0 Å². The lowest BCUT2D eigenvalue weighted by atomic mass is 9.80. The molecular weight excluding hydrogens is 410 g/mol. The summed E-state index contributed by atoms with van der Waals surface area (Å²) < 4.78 is 28.5. The SMILES string of the molecule is CCC(F)(F)c1cccc(Nc2ccc(C3(C)CCNC3=O)cc2C2=CN(C)CN2C)c1. The Balaban J connectivity index is 1.76. The predicted octanol–water partition coefficient (Wildman–Crippen LogP) is 4.84. The minimum absolute atomic E-state index is 0.00441. The van der Waals surface area contributed by atoms with Gasteiger partial charge in [-0.25, -0.2) is 8.78 Å². The molecule has 170 valence electrons. The molecule has 0 bridgehead atoms. The van der Waals surface area contributed by atoms with Gasteiger partial charge in [0, 0.05) is 55.8 Å². The van der Waals surface area contributed by atoms with Gasteiger partial charge in [0.05, 0.1) is 17.8 Å². The first-order valence-corrected chi connectivity index (χ1v) is 11.0. The molecule has 32 heavy (non-hydrogen) atoms. The molecule has 2 heterocycles. The third-order valence-electron chi connectivity index (χ3n) is 6.54. The Morgan fingerprint density at radius 3 is 2.59 bits per heavy atom. The summed E-state index contributed by atoms with van der Waals surface area (Å²) in [5.41, 5.74) is 3.71. The third kappa shape index (κ3) is 3.92. The number of rotatable bonds is 6. The van der Waals surface area contributed by atoms with Gasteiger partial charge < -0.3 is 20.4 Å². The van der Waals surface area contributed by atoms with Crippen LogP contribution in [-0.4, -0.2) is 43.0 Å². The van der Waals surface area contributed by atoms with Crippen LogP contribution in [0.3, 0.4) is 0 Å². The zero-order chi connectivity index (χ0) is 23.1. The van der Waals surface area contributed by atoms with Crippen molar-refractivity contribution in [3.05, 3.63) is 65.4 Å². The summed E-state index contributed by atoms with van der Waals surface area (Å²) in [4.78, 5) is 16.8. The molecule has 1 saturated heterocycles. The van der Waals surface area contributed by atoms with Crippen molar-refractivity contribution < 1.29 is 13.6 Å². The fraction of sp³-hybridized carbons (Fsp3) is 0.400. The standard InChI is InChI=1S/C25H30F2N4O/c1-5-25(26,27)18-7-6-8-19(13-18)29-21-10-9-17(24(2)11-12-28-23(24)32)14-20(21)22-15-30(3)16-31(22)4/h6-10,13-15,29H,5,11-12,16H2,1-4H3,(H,28,32). The molecule has 2 aliphatic heterocycles. The number of amides is 1. The predicted molar refractivity (Wildman–Crippen MR) is 124 cm³/mol. The molecule has 2 aromatic carbocycles. The van der Waals surface area contributed by atoms with E-state index in [1.165, 1.54) is 19.1 Å². The van der Waals surface area contributed by atoms with E-state index in [4.69, 9.17) is 0 Å². The van der Waals surface area contributed by atoms with Gasteiger partial charge in [-0.05, 0) is 43.2 Å². The van der Waals surface area contributed by atoms with Crippen molar-refractivity contribution >= 4 is 23.0 Å². The summed E-state index contributed by atoms with van der Waals surface area (Å²) in [5, 5.41) is 6.28. The molecule has 0 spiro atoms. The lowest BCUT2D eigenvalue weighted by Gasteiger charge is -2.25. The van der Waals surface area contributed by atoms with E-state index in [0.29, 0.717) is 12.2 Å². The van der Waals surface area contributed by atoms with Crippen molar-refractivity contribution in [2.45, 2.75) is 38.0 Å². The smallest absolute Gasteiger partial charge is 0.273 e. The van der Waals surface area contributed by atoms with Crippen LogP contribution in [0.25, 0.3) is 5.70 Å². The lowest BCUT2D eigenvalue weighted by molar-refractivity contribution is -0.123. The molecule has 1 amide bonds. The molecule has 1 fully saturated rings. The number of halogens is 2. The number of hydrogen-bond acceptors (Lipinski definition) is 4. The van der Waals surface area contributed by atoms with Gasteiger partial charge in [-0.1, -0.05) is 25.1 Å². The van der Waals surface area contributed by atoms with Crippen LogP contribution in [0.1, 0.15) is 43.4 Å². The second-order valence-corrected chi connectivity index (χ2v) is 8.97. The zero-order valence-electron chi connectivity index (χ0n) is 19.0. The number of anilines is 2. The third-order valence-corrected chi connectivity index (χ3v) is 6.54. The van der Waals surface area contributed by atoms with Gasteiger partial charge in [0.25, 0.3) is 5.92 Å². The van der Waals surface area contributed by atoms with Crippen molar-refractivity contribution in [2.75, 3.05) is 32.6 Å². The first-order valence-electron chi connectivity index (χ1n) is 11.0. The van der Waals surface area contributed by atoms with E-state index < -0.39 is 11.3 Å². The Bertz CT molecular complexity index is 1070. The summed E-state index contributed by atoms with van der Waals surface area (Å²) in [6.45, 7) is 4.86. The average molecular weight is 441 g/mol. The second kappa shape index (κ2) is 8.11. The number of hydrogen-bond donors (Lipinski definition) is 2. The Kier molecular flexibility index (Phi) is 5.61. The van der Waals surface area contributed by atoms with Gasteiger partial charge >= 0.3 is 0 Å². The van der Waals surface area contributed by atoms with Crippen molar-refractivity contribution in [1.82, 2.24) is 15.1 Å². The molecule has 2 aromatic rings. The number of nitrogens with zero attached hydrogens (tertiary/aromatic N) is 2. The van der Waals surface area contributed by atoms with Crippen molar-refractivity contribution in [3.63, 3.8) is 0 Å². The highest BCUT2D eigenvalue weighted by Crippen LogP contribution is 2.39. The summed E-state index contributed by atoms with van der Waals surface area (Å²) in [7, 11) is 4.01. The van der Waals surface area contributed by atoms with Crippen LogP contribution in [0.5, 0.6) is 0 Å². The molecule has 1 unspecified atom stereocenters. The van der Waals surface area contributed by atoms with E-state index in [1.54, 1.807) is 12.1 Å². The first kappa shape index (κ1) is 22.1. The minimum Gasteiger partial charge on any atom is -0.361 e. The fourth-order valence-corrected chi connectivity index (χ4v) is 4.44. The maximum atomic E-state index is 14.2. The van der Waals surface area contributed by atoms with Gasteiger partial charge in [-0.15, -0.1) is 0 Å². The molecule has 1 atom stereocenters. The first-order chi connectivity index (χ1) is 15.1. The maximum absolute atomic E-state index is 14.2. The number of carbonyl (C=O) groups excluding carboxylic acids is 1. The molecule has 7 heteroatoms. The van der Waals surface area contributed by atoms with E-state index in [2.05, 4.69) is 32.7 Å². The molecule has 2 aliphatic rings. The van der Waals surface area contributed by atoms with Gasteiger partial charge in [-0.3, -0.25) is 4.79 Å². The molecule has 0 aromatic heterocycles. The van der Waals surface area contributed by atoms with Crippen LogP contribution in [0.4, 0.5) is 20.2 Å². The molecule has 0 saturated carbocycles. The number of benzene rings is 2. The number of carbonyl (C=O) groups is 1. The van der Waals surface area contributed by atoms with Crippen LogP contribution in [0.15, 0.2) is 48.7 Å². The van der Waals surface area contributed by atoms with Crippen LogP contribution in [0.2, 0.25) is 0 Å². The van der Waals surface area contributed by atoms with E-state index >= 15 is 0 Å². The second-order valence-electron chi connectivity index (χ2n) is 8.97. The highest BCUT2D eigenvalue weighted by molar-refractivity contribution is 5.91. The fourth-order valence-electron chi connectivity index (χ4n) is 4.44. The highest BCUT2D eigenvalue weighted by Gasteiger charge is 2.40. The topological polar surface area (TPSA) is 47.6 Å². The van der Waals surface area contributed by atoms with E-state index in [0.717, 1.165) is 35.6 Å². The Labute approximate surface area is 188 Å². The van der Waals surface area contributed by atoms with Gasteiger partial charge in [-0.2, -0.15) is 0 Å². The molecule has 0 radical (unpaired) electrons. The molecule has 2 N–H and O–H groups in total. The summed E-state index contributed by atoms with van der Waals surface area (Å²) >= 11 is 0. The van der Waals surface area contributed by atoms with Crippen molar-refractivity contribution in [2.24, 2.45) is 0 Å². The normalized spacial score (nSPS) is 21.1. The van der Waals surface area contributed by atoms with Crippen LogP contribution in [-0.2, 0) is 16.1 Å². The zero-order valence-corrected chi connectivity index (χ0v) is 19.0. The van der Waals surface area contributed by atoms with Crippen molar-refractivity contribution in [3.8, 4) is 0 Å². The quantitative estimate of drug-likeness (QED) is 0.675. The summed E-state index contributed by atoms with van der Waals surface area (Å²) in [6.07, 6.45) is 2.55. The summed E-state index contributed by atoms with van der Waals surface area (Å²) in [5.74, 6) is -2.84. The monoisotopic (exact) mass is 440 g/mol. The Morgan fingerprint density at radius 1 is 1.19 bits per heavy atom. The highest BCUT2D eigenvalue weighted by atomic mass is 19.3. The maximum Gasteiger partial charge on any atom is 0.273 e. The number of alkyl halides is 2. The largest absolute Gasteiger partial charge is 0.361 e. The Hall–Kier alpha value is -3.09. The molecular formula is C25H30F2N4O. The lowest BCUT2D eigenvalue weighted by Crippen LogP contribution is -2.32. The molecule has 5 nitrogen and oxygen atoms in total. The molecule has 4 rings (SSSR count). The summed E-state index contributed by atoms with van der Waals surface area (Å²) in [6, 6.07) is 12.4. The van der Waals surface area contributed by atoms with Crippen molar-refractivity contribution in [1.29, 1.82) is 0 Å². The molecule has 0 aliphatic carbocycles. The van der Waals surface area contributed by atoms with Crippen LogP contribution >= 0.6 is 0 Å². The van der Waals surface area contributed by atoms with Gasteiger partial charge in [0.1, 0.15) is 0 Å². The van der Waals surface area contributed by atoms with Crippen LogP contribution < -0.4 is 10.6 Å². The number of nitrogens with one attached hydrogen (secondary N) is 2. The minimum atomic E-state index is -2.87. The average Bonchev–Trinajstić information content (AvgIpc) is 3.29. The van der Waals surface area contributed by atoms with E-state index in [1.807, 2.05) is 33.2 Å². The van der Waals surface area contributed by atoms with E-state index in [9.17, 15) is 13.6 Å². The van der Waals surface area contributed by atoms with Crippen LogP contribution in [0, 0.1) is 0 Å².